The van der Waals surface area contributed by atoms with Gasteiger partial charge < -0.3 is 5.32 Å². The Kier molecular flexibility index (Phi) is 4.24. The lowest BCUT2D eigenvalue weighted by atomic mass is 10.0. The third kappa shape index (κ3) is 3.15. The molecule has 2 aromatic rings. The smallest absolute Gasteiger partial charge is 0.255 e. The van der Waals surface area contributed by atoms with Crippen molar-refractivity contribution < 1.29 is 4.79 Å². The molecule has 3 heteroatoms. The molecule has 0 aliphatic heterocycles. The molecule has 1 amide bonds. The number of hydrogen-bond acceptors (Lipinski definition) is 1. The van der Waals surface area contributed by atoms with Crippen molar-refractivity contribution in [1.82, 2.24) is 0 Å². The number of amides is 1. The summed E-state index contributed by atoms with van der Waals surface area (Å²) in [7, 11) is 0. The molecule has 0 heterocycles. The lowest BCUT2D eigenvalue weighted by molar-refractivity contribution is 0.102. The van der Waals surface area contributed by atoms with E-state index in [0.717, 1.165) is 27.9 Å². The number of rotatable bonds is 2. The van der Waals surface area contributed by atoms with E-state index in [1.165, 1.54) is 3.57 Å². The minimum atomic E-state index is -0.0505. The first-order valence-electron chi connectivity index (χ1n) is 6.13. The number of aryl methyl sites for hydroxylation is 2. The average molecular weight is 365 g/mol. The van der Waals surface area contributed by atoms with Crippen molar-refractivity contribution in [3.05, 3.63) is 62.2 Å². The Balaban J connectivity index is 2.28. The van der Waals surface area contributed by atoms with E-state index in [1.807, 2.05) is 51.1 Å². The van der Waals surface area contributed by atoms with Crippen LogP contribution in [0.15, 0.2) is 36.4 Å². The van der Waals surface area contributed by atoms with Crippen molar-refractivity contribution in [2.45, 2.75) is 20.8 Å². The summed E-state index contributed by atoms with van der Waals surface area (Å²) in [4.78, 5) is 12.3. The van der Waals surface area contributed by atoms with Crippen LogP contribution in [0.4, 0.5) is 5.69 Å². The Hall–Kier alpha value is -1.36. The van der Waals surface area contributed by atoms with Crippen LogP contribution in [0.2, 0.25) is 0 Å². The van der Waals surface area contributed by atoms with Crippen LogP contribution in [-0.4, -0.2) is 5.91 Å². The number of nitrogens with one attached hydrogen (secondary N) is 1. The van der Waals surface area contributed by atoms with Crippen LogP contribution >= 0.6 is 22.6 Å². The van der Waals surface area contributed by atoms with Crippen LogP contribution in [0.5, 0.6) is 0 Å². The molecular weight excluding hydrogens is 349 g/mol. The summed E-state index contributed by atoms with van der Waals surface area (Å²) in [5, 5.41) is 2.98. The number of halogens is 1. The van der Waals surface area contributed by atoms with E-state index in [1.54, 1.807) is 0 Å². The topological polar surface area (TPSA) is 29.1 Å². The van der Waals surface area contributed by atoms with Gasteiger partial charge in [-0.1, -0.05) is 12.1 Å². The Bertz CT molecular complexity index is 635. The van der Waals surface area contributed by atoms with Gasteiger partial charge in [0.2, 0.25) is 0 Å². The fraction of sp³-hybridized carbons (Fsp3) is 0.188. The predicted molar refractivity (Wildman–Crippen MR) is 87.8 cm³/mol. The fourth-order valence-corrected chi connectivity index (χ4v) is 2.60. The van der Waals surface area contributed by atoms with Gasteiger partial charge in [0.1, 0.15) is 0 Å². The highest BCUT2D eigenvalue weighted by molar-refractivity contribution is 14.1. The van der Waals surface area contributed by atoms with E-state index < -0.39 is 0 Å². The minimum Gasteiger partial charge on any atom is -0.322 e. The van der Waals surface area contributed by atoms with Gasteiger partial charge in [0.15, 0.2) is 0 Å². The summed E-state index contributed by atoms with van der Waals surface area (Å²) >= 11 is 2.26. The van der Waals surface area contributed by atoms with Crippen molar-refractivity contribution in [2.75, 3.05) is 5.32 Å². The fourth-order valence-electron chi connectivity index (χ4n) is 1.95. The SMILES string of the molecule is Cc1cc(I)ccc1NC(=O)c1cccc(C)c1C. The van der Waals surface area contributed by atoms with Crippen molar-refractivity contribution in [2.24, 2.45) is 0 Å². The normalized spacial score (nSPS) is 10.3. The first kappa shape index (κ1) is 14.1. The largest absolute Gasteiger partial charge is 0.322 e. The Morgan fingerprint density at radius 2 is 1.79 bits per heavy atom. The highest BCUT2D eigenvalue weighted by Crippen LogP contribution is 2.20. The van der Waals surface area contributed by atoms with Crippen LogP contribution in [0.1, 0.15) is 27.0 Å². The zero-order valence-corrected chi connectivity index (χ0v) is 13.4. The van der Waals surface area contributed by atoms with Gasteiger partial charge in [-0.05, 0) is 84.3 Å². The third-order valence-electron chi connectivity index (χ3n) is 3.29. The standard InChI is InChI=1S/C16H16INO/c1-10-5-4-6-14(12(10)3)16(19)18-15-8-7-13(17)9-11(15)2/h4-9H,1-3H3,(H,18,19). The van der Waals surface area contributed by atoms with Crippen LogP contribution < -0.4 is 5.32 Å². The van der Waals surface area contributed by atoms with Crippen molar-refractivity contribution >= 4 is 34.2 Å². The highest BCUT2D eigenvalue weighted by Gasteiger charge is 2.11. The summed E-state index contributed by atoms with van der Waals surface area (Å²) in [5.74, 6) is -0.0505. The molecule has 2 aromatic carbocycles. The second-order valence-corrected chi connectivity index (χ2v) is 5.91. The summed E-state index contributed by atoms with van der Waals surface area (Å²) < 4.78 is 1.17. The Labute approximate surface area is 127 Å². The van der Waals surface area contributed by atoms with Gasteiger partial charge in [0.25, 0.3) is 5.91 Å². The van der Waals surface area contributed by atoms with Crippen molar-refractivity contribution in [1.29, 1.82) is 0 Å². The number of carbonyl (C=O) groups excluding carboxylic acids is 1. The van der Waals surface area contributed by atoms with E-state index in [-0.39, 0.29) is 5.91 Å². The lowest BCUT2D eigenvalue weighted by Gasteiger charge is -2.11. The van der Waals surface area contributed by atoms with Gasteiger partial charge in [-0.25, -0.2) is 0 Å². The molecule has 0 bridgehead atoms. The molecule has 2 nitrogen and oxygen atoms in total. The molecule has 98 valence electrons. The van der Waals surface area contributed by atoms with Gasteiger partial charge in [0.05, 0.1) is 0 Å². The molecule has 0 fully saturated rings. The Morgan fingerprint density at radius 1 is 1.05 bits per heavy atom. The van der Waals surface area contributed by atoms with Crippen LogP contribution in [0.3, 0.4) is 0 Å². The predicted octanol–water partition coefficient (Wildman–Crippen LogP) is 4.47. The summed E-state index contributed by atoms with van der Waals surface area (Å²) in [5.41, 5.74) is 4.84. The van der Waals surface area contributed by atoms with E-state index in [4.69, 9.17) is 0 Å². The lowest BCUT2D eigenvalue weighted by Crippen LogP contribution is -2.14. The summed E-state index contributed by atoms with van der Waals surface area (Å²) in [6.45, 7) is 5.99. The second kappa shape index (κ2) is 5.74. The zero-order chi connectivity index (χ0) is 14.0. The van der Waals surface area contributed by atoms with E-state index in [2.05, 4.69) is 34.0 Å². The van der Waals surface area contributed by atoms with Crippen molar-refractivity contribution in [3.63, 3.8) is 0 Å². The molecule has 0 saturated heterocycles. The first-order chi connectivity index (χ1) is 8.99. The molecule has 0 spiro atoms. The van der Waals surface area contributed by atoms with Crippen molar-refractivity contribution in [3.8, 4) is 0 Å². The summed E-state index contributed by atoms with van der Waals surface area (Å²) in [6, 6.07) is 11.8. The number of hydrogen-bond donors (Lipinski definition) is 1. The molecular formula is C16H16INO. The molecule has 0 unspecified atom stereocenters. The van der Waals surface area contributed by atoms with Gasteiger partial charge in [-0.3, -0.25) is 4.79 Å². The van der Waals surface area contributed by atoms with Crippen LogP contribution in [0.25, 0.3) is 0 Å². The minimum absolute atomic E-state index is 0.0505. The maximum Gasteiger partial charge on any atom is 0.255 e. The van der Waals surface area contributed by atoms with Gasteiger partial charge in [0, 0.05) is 14.8 Å². The average Bonchev–Trinajstić information content (AvgIpc) is 2.36. The number of carbonyl (C=O) groups is 1. The van der Waals surface area contributed by atoms with Gasteiger partial charge in [-0.2, -0.15) is 0 Å². The van der Waals surface area contributed by atoms with Gasteiger partial charge in [-0.15, -0.1) is 0 Å². The highest BCUT2D eigenvalue weighted by atomic mass is 127. The number of benzene rings is 2. The van der Waals surface area contributed by atoms with E-state index in [9.17, 15) is 4.79 Å². The maximum atomic E-state index is 12.3. The monoisotopic (exact) mass is 365 g/mol. The molecule has 19 heavy (non-hydrogen) atoms. The van der Waals surface area contributed by atoms with E-state index >= 15 is 0 Å². The molecule has 0 saturated carbocycles. The number of anilines is 1. The molecule has 2 rings (SSSR count). The molecule has 1 N–H and O–H groups in total. The quantitative estimate of drug-likeness (QED) is 0.782. The molecule has 0 aliphatic rings. The molecule has 0 atom stereocenters. The molecule has 0 aliphatic carbocycles. The van der Waals surface area contributed by atoms with E-state index in [0.29, 0.717) is 0 Å². The van der Waals surface area contributed by atoms with Gasteiger partial charge >= 0.3 is 0 Å². The maximum absolute atomic E-state index is 12.3. The molecule has 0 aromatic heterocycles. The zero-order valence-electron chi connectivity index (χ0n) is 11.3. The van der Waals surface area contributed by atoms with Crippen LogP contribution in [0, 0.1) is 24.3 Å². The second-order valence-electron chi connectivity index (χ2n) is 4.66. The summed E-state index contributed by atoms with van der Waals surface area (Å²) in [6.07, 6.45) is 0. The van der Waals surface area contributed by atoms with Crippen LogP contribution in [-0.2, 0) is 0 Å². The molecule has 0 radical (unpaired) electrons. The Morgan fingerprint density at radius 3 is 2.47 bits per heavy atom. The third-order valence-corrected chi connectivity index (χ3v) is 3.96. The first-order valence-corrected chi connectivity index (χ1v) is 7.20.